The number of sulfonamides is 1. The molecule has 2 aromatic rings. The molecule has 0 aliphatic heterocycles. The van der Waals surface area contributed by atoms with E-state index in [9.17, 15) is 8.42 Å². The van der Waals surface area contributed by atoms with Crippen molar-refractivity contribution in [3.63, 3.8) is 0 Å². The van der Waals surface area contributed by atoms with E-state index < -0.39 is 10.0 Å². The van der Waals surface area contributed by atoms with Gasteiger partial charge in [-0.3, -0.25) is 0 Å². The first-order chi connectivity index (χ1) is 9.49. The predicted molar refractivity (Wildman–Crippen MR) is 75.9 cm³/mol. The minimum Gasteiger partial charge on any atom is -0.333 e. The zero-order chi connectivity index (χ0) is 14.3. The number of imidazole rings is 1. The lowest BCUT2D eigenvalue weighted by atomic mass is 9.77. The van der Waals surface area contributed by atoms with Gasteiger partial charge in [0.25, 0.3) is 10.0 Å². The van der Waals surface area contributed by atoms with E-state index in [1.807, 2.05) is 23.6 Å². The van der Waals surface area contributed by atoms with Crippen LogP contribution in [0.4, 0.5) is 0 Å². The summed E-state index contributed by atoms with van der Waals surface area (Å²) < 4.78 is 24.7. The van der Waals surface area contributed by atoms with Gasteiger partial charge in [0.2, 0.25) is 0 Å². The predicted octanol–water partition coefficient (Wildman–Crippen LogP) is 1.43. The molecule has 1 aromatic carbocycles. The molecule has 1 heterocycles. The van der Waals surface area contributed by atoms with Crippen LogP contribution in [-0.4, -0.2) is 18.0 Å². The molecule has 1 aliphatic carbocycles. The number of primary sulfonamides is 1. The highest BCUT2D eigenvalue weighted by atomic mass is 32.2. The molecule has 1 unspecified atom stereocenters. The van der Waals surface area contributed by atoms with Crippen LogP contribution in [0, 0.1) is 0 Å². The second-order valence-corrected chi connectivity index (χ2v) is 6.65. The van der Waals surface area contributed by atoms with Crippen LogP contribution in [0.5, 0.6) is 0 Å². The van der Waals surface area contributed by atoms with Crippen LogP contribution in [-0.2, 0) is 29.4 Å². The Hall–Kier alpha value is -1.66. The lowest BCUT2D eigenvalue weighted by Crippen LogP contribution is -2.22. The number of aromatic nitrogens is 2. The molecule has 0 saturated carbocycles. The molecule has 6 heteroatoms. The number of fused-ring (bicyclic) bond motifs is 1. The van der Waals surface area contributed by atoms with Gasteiger partial charge in [0.1, 0.15) is 5.82 Å². The van der Waals surface area contributed by atoms with E-state index in [1.54, 1.807) is 6.20 Å². The lowest BCUT2D eigenvalue weighted by Gasteiger charge is -2.30. The van der Waals surface area contributed by atoms with Crippen molar-refractivity contribution in [2.45, 2.75) is 37.3 Å². The number of hydrogen-bond donors (Lipinski definition) is 1. The SMILES string of the molecule is CCc1nc(S(N)(=O)=O)cn1CC1Cc2ccccc21. The first-order valence-electron chi connectivity index (χ1n) is 6.65. The number of nitrogens with zero attached hydrogens (tertiary/aromatic N) is 2. The Labute approximate surface area is 118 Å². The summed E-state index contributed by atoms with van der Waals surface area (Å²) in [5.74, 6) is 1.19. The van der Waals surface area contributed by atoms with E-state index >= 15 is 0 Å². The maximum Gasteiger partial charge on any atom is 0.257 e. The highest BCUT2D eigenvalue weighted by Crippen LogP contribution is 2.36. The molecular weight excluding hydrogens is 274 g/mol. The average molecular weight is 291 g/mol. The van der Waals surface area contributed by atoms with Crippen molar-refractivity contribution in [2.24, 2.45) is 5.14 Å². The van der Waals surface area contributed by atoms with Gasteiger partial charge in [0.15, 0.2) is 5.03 Å². The zero-order valence-corrected chi connectivity index (χ0v) is 12.1. The van der Waals surface area contributed by atoms with E-state index in [1.165, 1.54) is 11.1 Å². The van der Waals surface area contributed by atoms with Gasteiger partial charge < -0.3 is 4.57 Å². The van der Waals surface area contributed by atoms with Gasteiger partial charge in [-0.15, -0.1) is 0 Å². The van der Waals surface area contributed by atoms with Crippen LogP contribution < -0.4 is 5.14 Å². The lowest BCUT2D eigenvalue weighted by molar-refractivity contribution is 0.496. The van der Waals surface area contributed by atoms with Crippen LogP contribution in [0.15, 0.2) is 35.5 Å². The fraction of sp³-hybridized carbons (Fsp3) is 0.357. The molecule has 0 amide bonds. The first kappa shape index (κ1) is 13.3. The van der Waals surface area contributed by atoms with E-state index in [4.69, 9.17) is 5.14 Å². The smallest absolute Gasteiger partial charge is 0.257 e. The quantitative estimate of drug-likeness (QED) is 0.925. The minimum absolute atomic E-state index is 0.0399. The van der Waals surface area contributed by atoms with Gasteiger partial charge in [-0.05, 0) is 17.5 Å². The molecule has 3 rings (SSSR count). The number of nitrogens with two attached hydrogens (primary N) is 1. The summed E-state index contributed by atoms with van der Waals surface area (Å²) in [5.41, 5.74) is 2.72. The Bertz CT molecular complexity index is 750. The number of aryl methyl sites for hydroxylation is 1. The molecule has 0 saturated heterocycles. The van der Waals surface area contributed by atoms with Crippen LogP contribution in [0.25, 0.3) is 0 Å². The number of benzene rings is 1. The van der Waals surface area contributed by atoms with Crippen molar-refractivity contribution in [1.29, 1.82) is 0 Å². The molecule has 0 spiro atoms. The second-order valence-electron chi connectivity index (χ2n) is 5.15. The normalized spacial score (nSPS) is 17.6. The molecule has 1 aliphatic rings. The molecule has 1 atom stereocenters. The molecule has 0 fully saturated rings. The third kappa shape index (κ3) is 2.25. The summed E-state index contributed by atoms with van der Waals surface area (Å²) in [4.78, 5) is 4.12. The Morgan fingerprint density at radius 3 is 2.80 bits per heavy atom. The highest BCUT2D eigenvalue weighted by Gasteiger charge is 2.27. The van der Waals surface area contributed by atoms with Crippen molar-refractivity contribution in [1.82, 2.24) is 9.55 Å². The van der Waals surface area contributed by atoms with E-state index in [0.717, 1.165) is 18.8 Å². The van der Waals surface area contributed by atoms with Gasteiger partial charge in [-0.2, -0.15) is 0 Å². The molecule has 0 bridgehead atoms. The molecule has 106 valence electrons. The summed E-state index contributed by atoms with van der Waals surface area (Å²) in [7, 11) is -3.73. The monoisotopic (exact) mass is 291 g/mol. The molecule has 2 N–H and O–H groups in total. The molecule has 1 aromatic heterocycles. The topological polar surface area (TPSA) is 78.0 Å². The molecule has 5 nitrogen and oxygen atoms in total. The summed E-state index contributed by atoms with van der Waals surface area (Å²) in [5, 5.41) is 5.10. The van der Waals surface area contributed by atoms with Crippen molar-refractivity contribution < 1.29 is 8.42 Å². The molecule has 0 radical (unpaired) electrons. The molecular formula is C14H17N3O2S. The maximum absolute atomic E-state index is 11.4. The van der Waals surface area contributed by atoms with Gasteiger partial charge in [-0.25, -0.2) is 18.5 Å². The Balaban J connectivity index is 1.87. The minimum atomic E-state index is -3.73. The van der Waals surface area contributed by atoms with Crippen molar-refractivity contribution in [3.8, 4) is 0 Å². The van der Waals surface area contributed by atoms with E-state index in [2.05, 4.69) is 17.1 Å². The third-order valence-corrected chi connectivity index (χ3v) is 4.60. The van der Waals surface area contributed by atoms with Crippen molar-refractivity contribution in [2.75, 3.05) is 0 Å². The van der Waals surface area contributed by atoms with Crippen molar-refractivity contribution in [3.05, 3.63) is 47.4 Å². The van der Waals surface area contributed by atoms with Gasteiger partial charge >= 0.3 is 0 Å². The third-order valence-electron chi connectivity index (χ3n) is 3.82. The fourth-order valence-electron chi connectivity index (χ4n) is 2.77. The molecule has 20 heavy (non-hydrogen) atoms. The average Bonchev–Trinajstić information content (AvgIpc) is 2.79. The van der Waals surface area contributed by atoms with E-state index in [-0.39, 0.29) is 5.03 Å². The van der Waals surface area contributed by atoms with Crippen LogP contribution >= 0.6 is 0 Å². The van der Waals surface area contributed by atoms with Crippen LogP contribution in [0.2, 0.25) is 0 Å². The summed E-state index contributed by atoms with van der Waals surface area (Å²) in [6.45, 7) is 2.71. The van der Waals surface area contributed by atoms with Crippen LogP contribution in [0.1, 0.15) is 29.8 Å². The summed E-state index contributed by atoms with van der Waals surface area (Å²) in [6, 6.07) is 8.35. The largest absolute Gasteiger partial charge is 0.333 e. The van der Waals surface area contributed by atoms with Gasteiger partial charge in [-0.1, -0.05) is 31.2 Å². The zero-order valence-electron chi connectivity index (χ0n) is 11.3. The maximum atomic E-state index is 11.4. The summed E-state index contributed by atoms with van der Waals surface area (Å²) in [6.07, 6.45) is 3.27. The van der Waals surface area contributed by atoms with E-state index in [0.29, 0.717) is 12.3 Å². The Kier molecular flexibility index (Phi) is 3.14. The number of hydrogen-bond acceptors (Lipinski definition) is 3. The second kappa shape index (κ2) is 4.71. The Morgan fingerprint density at radius 1 is 1.40 bits per heavy atom. The summed E-state index contributed by atoms with van der Waals surface area (Å²) >= 11 is 0. The van der Waals surface area contributed by atoms with Crippen molar-refractivity contribution >= 4 is 10.0 Å². The highest BCUT2D eigenvalue weighted by molar-refractivity contribution is 7.89. The standard InChI is InChI=1S/C14H17N3O2S/c1-2-13-16-14(20(15,18)19)9-17(13)8-11-7-10-5-3-4-6-12(10)11/h3-6,9,11H,2,7-8H2,1H3,(H2,15,18,19). The first-order valence-corrected chi connectivity index (χ1v) is 8.20. The Morgan fingerprint density at radius 2 is 2.15 bits per heavy atom. The number of rotatable bonds is 4. The van der Waals surface area contributed by atoms with Gasteiger partial charge in [0, 0.05) is 25.1 Å². The fourth-order valence-corrected chi connectivity index (χ4v) is 3.28. The van der Waals surface area contributed by atoms with Gasteiger partial charge in [0.05, 0.1) is 0 Å². The van der Waals surface area contributed by atoms with Crippen LogP contribution in [0.3, 0.4) is 0 Å².